The van der Waals surface area contributed by atoms with E-state index in [0.29, 0.717) is 29.2 Å². The van der Waals surface area contributed by atoms with Gasteiger partial charge in [-0.2, -0.15) is 8.42 Å². The molecule has 2 heterocycles. The third-order valence-electron chi connectivity index (χ3n) is 5.41. The molecule has 0 atom stereocenters. The normalized spacial score (nSPS) is 17.9. The first-order valence-electron chi connectivity index (χ1n) is 10.4. The maximum Gasteiger partial charge on any atom is 0.283 e. The molecule has 2 saturated heterocycles. The number of likely N-dealkylation sites (tertiary alicyclic amines) is 1. The molecule has 2 aliphatic heterocycles. The van der Waals surface area contributed by atoms with Crippen LogP contribution in [0.25, 0.3) is 0 Å². The largest absolute Gasteiger partial charge is 0.362 e. The molecular weight excluding hydrogens is 446 g/mol. The summed E-state index contributed by atoms with van der Waals surface area (Å²) < 4.78 is 29.0. The summed E-state index contributed by atoms with van der Waals surface area (Å²) in [5.74, 6) is -0.337. The van der Waals surface area contributed by atoms with Crippen molar-refractivity contribution in [3.8, 4) is 0 Å². The van der Waals surface area contributed by atoms with Gasteiger partial charge in [0.25, 0.3) is 15.9 Å². The molecule has 0 aromatic heterocycles. The van der Waals surface area contributed by atoms with Gasteiger partial charge in [-0.15, -0.1) is 4.40 Å². The molecule has 0 spiro atoms. The smallest absolute Gasteiger partial charge is 0.283 e. The highest BCUT2D eigenvalue weighted by molar-refractivity contribution is 7.90. The molecule has 0 bridgehead atoms. The third kappa shape index (κ3) is 5.03. The number of sulfonamides is 1. The summed E-state index contributed by atoms with van der Waals surface area (Å²) in [7, 11) is -2.01. The number of anilines is 2. The lowest BCUT2D eigenvalue weighted by atomic mass is 10.1. The summed E-state index contributed by atoms with van der Waals surface area (Å²) in [6.45, 7) is 0.781. The quantitative estimate of drug-likeness (QED) is 0.688. The molecule has 2 N–H and O–H groups in total. The van der Waals surface area contributed by atoms with Crippen molar-refractivity contribution in [2.75, 3.05) is 23.9 Å². The Balaban J connectivity index is 1.42. The average Bonchev–Trinajstić information content (AvgIpc) is 3.19. The number of hydrogen-bond acceptors (Lipinski definition) is 5. The van der Waals surface area contributed by atoms with E-state index in [0.717, 1.165) is 13.0 Å². The maximum absolute atomic E-state index is 12.6. The highest BCUT2D eigenvalue weighted by Gasteiger charge is 2.24. The van der Waals surface area contributed by atoms with E-state index < -0.39 is 15.9 Å². The number of amides is 3. The Morgan fingerprint density at radius 1 is 1.00 bits per heavy atom. The molecule has 2 aromatic carbocycles. The first-order valence-corrected chi connectivity index (χ1v) is 11.9. The first kappa shape index (κ1) is 22.5. The van der Waals surface area contributed by atoms with Crippen LogP contribution >= 0.6 is 0 Å². The van der Waals surface area contributed by atoms with Gasteiger partial charge in [0.2, 0.25) is 11.8 Å². The number of amidine groups is 1. The minimum Gasteiger partial charge on any atom is -0.362 e. The van der Waals surface area contributed by atoms with E-state index in [1.54, 1.807) is 12.1 Å². The number of carbonyl (C=O) groups excluding carboxylic acids is 3. The van der Waals surface area contributed by atoms with E-state index in [1.165, 1.54) is 41.4 Å². The van der Waals surface area contributed by atoms with Gasteiger partial charge in [-0.3, -0.25) is 19.8 Å². The highest BCUT2D eigenvalue weighted by Crippen LogP contribution is 2.21. The summed E-state index contributed by atoms with van der Waals surface area (Å²) in [6, 6.07) is 12.0. The van der Waals surface area contributed by atoms with Crippen LogP contribution in [0.15, 0.2) is 57.8 Å². The predicted molar refractivity (Wildman–Crippen MR) is 122 cm³/mol. The molecule has 0 saturated carbocycles. The second kappa shape index (κ2) is 9.02. The average molecular weight is 470 g/mol. The molecule has 10 nitrogen and oxygen atoms in total. The van der Waals surface area contributed by atoms with Crippen molar-refractivity contribution in [1.29, 1.82) is 0 Å². The minimum atomic E-state index is -3.83. The van der Waals surface area contributed by atoms with Crippen LogP contribution in [-0.4, -0.2) is 50.5 Å². The number of benzene rings is 2. The van der Waals surface area contributed by atoms with E-state index >= 15 is 0 Å². The number of hydrogen-bond donors (Lipinski definition) is 2. The van der Waals surface area contributed by atoms with Gasteiger partial charge in [-0.05, 0) is 55.0 Å². The van der Waals surface area contributed by atoms with Crippen LogP contribution in [0.4, 0.5) is 11.4 Å². The second-order valence-corrected chi connectivity index (χ2v) is 9.40. The first-order chi connectivity index (χ1) is 15.7. The van der Waals surface area contributed by atoms with Crippen LogP contribution in [-0.2, 0) is 19.6 Å². The summed E-state index contributed by atoms with van der Waals surface area (Å²) in [5.41, 5.74) is 3.71. The van der Waals surface area contributed by atoms with Crippen molar-refractivity contribution >= 4 is 45.0 Å². The third-order valence-corrected chi connectivity index (χ3v) is 6.73. The predicted octanol–water partition coefficient (Wildman–Crippen LogP) is 1.91. The molecule has 2 aliphatic rings. The SMILES string of the molecule is CN1CCC/C1=N\S(=O)(=O)c1ccc(NC(=O)c2ccc(N3NC(=O)CCC3=O)cc2)cc1. The van der Waals surface area contributed by atoms with Gasteiger partial charge < -0.3 is 10.2 Å². The van der Waals surface area contributed by atoms with Gasteiger partial charge in [-0.25, -0.2) is 5.01 Å². The van der Waals surface area contributed by atoms with Crippen LogP contribution < -0.4 is 15.8 Å². The standard InChI is InChI=1S/C22H23N5O5S/c1-26-14-2-3-19(26)25-33(31,32)18-10-6-16(7-11-18)23-22(30)15-4-8-17(9-5-15)27-21(29)13-12-20(28)24-27/h4-11H,2-3,12-14H2,1H3,(H,23,30)(H,24,28)/b25-19+. The molecule has 33 heavy (non-hydrogen) atoms. The highest BCUT2D eigenvalue weighted by atomic mass is 32.2. The molecule has 4 rings (SSSR count). The van der Waals surface area contributed by atoms with E-state index in [2.05, 4.69) is 15.1 Å². The van der Waals surface area contributed by atoms with Gasteiger partial charge in [0.15, 0.2) is 0 Å². The van der Waals surface area contributed by atoms with Crippen molar-refractivity contribution in [3.63, 3.8) is 0 Å². The number of nitrogens with one attached hydrogen (secondary N) is 2. The Kier molecular flexibility index (Phi) is 6.14. The summed E-state index contributed by atoms with van der Waals surface area (Å²) >= 11 is 0. The number of rotatable bonds is 5. The van der Waals surface area contributed by atoms with Gasteiger partial charge in [0.1, 0.15) is 5.84 Å². The molecule has 2 aromatic rings. The summed E-state index contributed by atoms with van der Waals surface area (Å²) in [4.78, 5) is 38.0. The minimum absolute atomic E-state index is 0.0471. The fourth-order valence-corrected chi connectivity index (χ4v) is 4.65. The summed E-state index contributed by atoms with van der Waals surface area (Å²) in [6.07, 6.45) is 1.78. The van der Waals surface area contributed by atoms with Crippen molar-refractivity contribution < 1.29 is 22.8 Å². The van der Waals surface area contributed by atoms with E-state index in [-0.39, 0.29) is 29.6 Å². The lowest BCUT2D eigenvalue weighted by molar-refractivity contribution is -0.130. The molecule has 0 unspecified atom stereocenters. The Bertz CT molecular complexity index is 1220. The zero-order valence-corrected chi connectivity index (χ0v) is 18.8. The Morgan fingerprint density at radius 3 is 2.33 bits per heavy atom. The fraction of sp³-hybridized carbons (Fsp3) is 0.273. The van der Waals surface area contributed by atoms with Crippen molar-refractivity contribution in [2.24, 2.45) is 4.40 Å². The van der Waals surface area contributed by atoms with E-state index in [1.807, 2.05) is 11.9 Å². The maximum atomic E-state index is 12.6. The van der Waals surface area contributed by atoms with Crippen molar-refractivity contribution in [3.05, 3.63) is 54.1 Å². The zero-order valence-electron chi connectivity index (χ0n) is 17.9. The van der Waals surface area contributed by atoms with Crippen LogP contribution in [0.1, 0.15) is 36.0 Å². The Morgan fingerprint density at radius 2 is 1.70 bits per heavy atom. The number of hydrazine groups is 1. The molecule has 3 amide bonds. The van der Waals surface area contributed by atoms with Crippen LogP contribution in [0.5, 0.6) is 0 Å². The lowest BCUT2D eigenvalue weighted by Gasteiger charge is -2.27. The van der Waals surface area contributed by atoms with Gasteiger partial charge >= 0.3 is 0 Å². The van der Waals surface area contributed by atoms with E-state index in [4.69, 9.17) is 0 Å². The van der Waals surface area contributed by atoms with Crippen LogP contribution in [0.3, 0.4) is 0 Å². The second-order valence-electron chi connectivity index (χ2n) is 7.80. The topological polar surface area (TPSA) is 128 Å². The molecule has 0 radical (unpaired) electrons. The van der Waals surface area contributed by atoms with Crippen molar-refractivity contribution in [2.45, 2.75) is 30.6 Å². The molecule has 172 valence electrons. The van der Waals surface area contributed by atoms with Gasteiger partial charge in [-0.1, -0.05) is 0 Å². The Labute approximate surface area is 191 Å². The molecular formula is C22H23N5O5S. The van der Waals surface area contributed by atoms with Crippen LogP contribution in [0, 0.1) is 0 Å². The molecule has 0 aliphatic carbocycles. The fourth-order valence-electron chi connectivity index (χ4n) is 3.56. The van der Waals surface area contributed by atoms with Gasteiger partial charge in [0, 0.05) is 44.1 Å². The number of carbonyl (C=O) groups is 3. The van der Waals surface area contributed by atoms with Crippen LogP contribution in [0.2, 0.25) is 0 Å². The van der Waals surface area contributed by atoms with Crippen molar-refractivity contribution in [1.82, 2.24) is 10.3 Å². The van der Waals surface area contributed by atoms with Gasteiger partial charge in [0.05, 0.1) is 10.6 Å². The molecule has 11 heteroatoms. The zero-order chi connectivity index (χ0) is 23.6. The number of nitrogens with zero attached hydrogens (tertiary/aromatic N) is 3. The molecule has 2 fully saturated rings. The Hall–Kier alpha value is -3.73. The summed E-state index contributed by atoms with van der Waals surface area (Å²) in [5, 5.41) is 3.87. The lowest BCUT2D eigenvalue weighted by Crippen LogP contribution is -2.50. The van der Waals surface area contributed by atoms with E-state index in [9.17, 15) is 22.8 Å². The monoisotopic (exact) mass is 469 g/mol.